The summed E-state index contributed by atoms with van der Waals surface area (Å²) in [6, 6.07) is 17.7. The first kappa shape index (κ1) is 11.1. The minimum atomic E-state index is 1.04. The molecule has 2 heteroatoms. The fourth-order valence-electron chi connectivity index (χ4n) is 1.51. The van der Waals surface area contributed by atoms with Crippen molar-refractivity contribution < 1.29 is 0 Å². The Bertz CT molecular complexity index is 386. The van der Waals surface area contributed by atoms with Gasteiger partial charge in [-0.1, -0.05) is 0 Å². The van der Waals surface area contributed by atoms with Crippen molar-refractivity contribution in [1.82, 2.24) is 0 Å². The van der Waals surface area contributed by atoms with Crippen molar-refractivity contribution in [2.24, 2.45) is 0 Å². The number of benzene rings is 2. The zero-order valence-electron chi connectivity index (χ0n) is 8.48. The Kier molecular flexibility index (Phi) is 3.73. The molecule has 0 saturated carbocycles. The molecule has 2 aromatic rings. The predicted molar refractivity (Wildman–Crippen MR) is 72.0 cm³/mol. The van der Waals surface area contributed by atoms with E-state index in [2.05, 4.69) is 48.5 Å². The Morgan fingerprint density at radius 1 is 0.600 bits per heavy atom. The molecule has 0 nitrogen and oxygen atoms in total. The molecule has 0 N–H and O–H groups in total. The third-order valence-electron chi connectivity index (χ3n) is 2.37. The first-order valence-corrected chi connectivity index (χ1v) is 7.35. The Hall–Kier alpha value is -0.443. The third kappa shape index (κ3) is 3.26. The van der Waals surface area contributed by atoms with Gasteiger partial charge in [0.1, 0.15) is 0 Å². The van der Waals surface area contributed by atoms with Crippen molar-refractivity contribution in [1.29, 1.82) is 0 Å². The van der Waals surface area contributed by atoms with Crippen LogP contribution < -0.4 is 8.70 Å². The molecule has 76 valence electrons. The van der Waals surface area contributed by atoms with Crippen LogP contribution >= 0.6 is 0 Å². The van der Waals surface area contributed by atoms with Crippen LogP contribution in [0.3, 0.4) is 0 Å². The van der Waals surface area contributed by atoms with Crippen LogP contribution in [0, 0.1) is 0 Å². The summed E-state index contributed by atoms with van der Waals surface area (Å²) < 4.78 is 2.77. The molecule has 0 heterocycles. The van der Waals surface area contributed by atoms with Crippen LogP contribution in [0.25, 0.3) is 0 Å². The van der Waals surface area contributed by atoms with Crippen LogP contribution in [0.1, 0.15) is 11.1 Å². The van der Waals surface area contributed by atoms with Crippen molar-refractivity contribution in [3.8, 4) is 0 Å². The number of hydrogen-bond acceptors (Lipinski definition) is 0. The van der Waals surface area contributed by atoms with E-state index in [1.165, 1.54) is 19.8 Å². The molecule has 15 heavy (non-hydrogen) atoms. The van der Waals surface area contributed by atoms with Crippen LogP contribution in [-0.2, 0) is 6.42 Å². The van der Waals surface area contributed by atoms with Crippen molar-refractivity contribution >= 4 is 42.4 Å². The van der Waals surface area contributed by atoms with Crippen LogP contribution in [0.2, 0.25) is 0 Å². The normalized spacial score (nSPS) is 10.3. The van der Waals surface area contributed by atoms with Gasteiger partial charge in [0, 0.05) is 0 Å². The van der Waals surface area contributed by atoms with Gasteiger partial charge in [0.25, 0.3) is 0 Å². The van der Waals surface area contributed by atoms with Gasteiger partial charge in [-0.15, -0.1) is 0 Å². The molecule has 0 radical (unpaired) electrons. The molecule has 2 rings (SSSR count). The van der Waals surface area contributed by atoms with Gasteiger partial charge in [0.15, 0.2) is 0 Å². The van der Waals surface area contributed by atoms with E-state index >= 15 is 0 Å². The monoisotopic (exact) mass is 320 g/mol. The third-order valence-corrected chi connectivity index (χ3v) is 3.98. The van der Waals surface area contributed by atoms with E-state index in [4.69, 9.17) is 0 Å². The van der Waals surface area contributed by atoms with Gasteiger partial charge in [-0.2, -0.15) is 0 Å². The molecule has 0 spiro atoms. The second kappa shape index (κ2) is 5.06. The summed E-state index contributed by atoms with van der Waals surface area (Å²) in [4.78, 5) is 0. The second-order valence-electron chi connectivity index (χ2n) is 3.66. The van der Waals surface area contributed by atoms with E-state index in [-0.39, 0.29) is 0 Å². The molecule has 0 fully saturated rings. The molecule has 0 aliphatic rings. The van der Waals surface area contributed by atoms with Crippen molar-refractivity contribution in [2.75, 3.05) is 0 Å². The summed E-state index contributed by atoms with van der Waals surface area (Å²) in [5.74, 6) is 0. The summed E-state index contributed by atoms with van der Waals surface area (Å²) in [7, 11) is 0. The van der Waals surface area contributed by atoms with Crippen molar-refractivity contribution in [3.05, 3.63) is 59.7 Å². The summed E-state index contributed by atoms with van der Waals surface area (Å²) >= 11 is 3.37. The van der Waals surface area contributed by atoms with Gasteiger partial charge in [-0.25, -0.2) is 0 Å². The molecule has 2 unspecified atom stereocenters. The summed E-state index contributed by atoms with van der Waals surface area (Å²) in [5.41, 5.74) is 2.79. The Morgan fingerprint density at radius 2 is 0.933 bits per heavy atom. The Balaban J connectivity index is 2.15. The summed E-state index contributed by atoms with van der Waals surface area (Å²) in [5, 5.41) is 0. The number of hydrogen-bond donors (Lipinski definition) is 0. The fourth-order valence-corrected chi connectivity index (χ4v) is 2.31. The summed E-state index contributed by atoms with van der Waals surface area (Å²) in [6.45, 7) is 0. The first-order chi connectivity index (χ1) is 7.24. The van der Waals surface area contributed by atoms with E-state index < -0.39 is 0 Å². The SMILES string of the molecule is [AsH2]c1ccc(Cc2ccc([AsH2])cc2)cc1. The Labute approximate surface area is 108 Å². The van der Waals surface area contributed by atoms with Gasteiger partial charge >= 0.3 is 108 Å². The van der Waals surface area contributed by atoms with E-state index in [0.717, 1.165) is 6.42 Å². The van der Waals surface area contributed by atoms with Gasteiger partial charge in [-0.3, -0.25) is 0 Å². The van der Waals surface area contributed by atoms with E-state index in [9.17, 15) is 0 Å². The van der Waals surface area contributed by atoms with E-state index in [1.807, 2.05) is 0 Å². The maximum atomic E-state index is 2.22. The molecule has 0 aliphatic heterocycles. The average Bonchev–Trinajstić information content (AvgIpc) is 2.25. The number of rotatable bonds is 2. The quantitative estimate of drug-likeness (QED) is 0.672. The van der Waals surface area contributed by atoms with Crippen LogP contribution in [0.4, 0.5) is 0 Å². The molecule has 2 aromatic carbocycles. The minimum absolute atomic E-state index is 1.04. The van der Waals surface area contributed by atoms with E-state index in [1.54, 1.807) is 33.7 Å². The fraction of sp³-hybridized carbons (Fsp3) is 0.0769. The molecular formula is C13H14As2. The molecule has 0 bridgehead atoms. The van der Waals surface area contributed by atoms with Crippen LogP contribution in [-0.4, -0.2) is 33.7 Å². The van der Waals surface area contributed by atoms with Crippen LogP contribution in [0.5, 0.6) is 0 Å². The average molecular weight is 320 g/mol. The van der Waals surface area contributed by atoms with E-state index in [0.29, 0.717) is 0 Å². The zero-order valence-corrected chi connectivity index (χ0v) is 13.3. The topological polar surface area (TPSA) is 0 Å². The van der Waals surface area contributed by atoms with Gasteiger partial charge in [-0.05, 0) is 0 Å². The van der Waals surface area contributed by atoms with Crippen molar-refractivity contribution in [2.45, 2.75) is 6.42 Å². The van der Waals surface area contributed by atoms with Crippen LogP contribution in [0.15, 0.2) is 48.5 Å². The molecular weight excluding hydrogens is 306 g/mol. The second-order valence-corrected chi connectivity index (χ2v) is 6.46. The molecule has 0 saturated heterocycles. The molecule has 2 atom stereocenters. The zero-order chi connectivity index (χ0) is 10.7. The predicted octanol–water partition coefficient (Wildman–Crippen LogP) is -0.206. The molecule has 0 aromatic heterocycles. The van der Waals surface area contributed by atoms with Gasteiger partial charge in [0.2, 0.25) is 0 Å². The standard InChI is InChI=1S/C13H14As2/c14-12-5-1-10(2-6-12)9-11-3-7-13(15)8-4-11/h1-8H,9,14-15H2. The van der Waals surface area contributed by atoms with Crippen molar-refractivity contribution in [3.63, 3.8) is 0 Å². The van der Waals surface area contributed by atoms with Gasteiger partial charge in [0.05, 0.1) is 0 Å². The molecule has 0 aliphatic carbocycles. The summed E-state index contributed by atoms with van der Waals surface area (Å²) in [6.07, 6.45) is 1.04. The maximum absolute atomic E-state index is 2.22. The Morgan fingerprint density at radius 3 is 1.27 bits per heavy atom. The van der Waals surface area contributed by atoms with Gasteiger partial charge < -0.3 is 0 Å². The first-order valence-electron chi connectivity index (χ1n) is 4.93. The molecule has 0 amide bonds.